The van der Waals surface area contributed by atoms with Gasteiger partial charge in [-0.1, -0.05) is 19.1 Å². The van der Waals surface area contributed by atoms with Crippen molar-refractivity contribution in [1.29, 1.82) is 0 Å². The fourth-order valence-corrected chi connectivity index (χ4v) is 3.74. The number of nitrogens with two attached hydrogens (primary N) is 1. The summed E-state index contributed by atoms with van der Waals surface area (Å²) in [5.41, 5.74) is 3.44. The first-order valence-corrected chi connectivity index (χ1v) is 9.08. The fourth-order valence-electron chi connectivity index (χ4n) is 3.74. The summed E-state index contributed by atoms with van der Waals surface area (Å²) in [4.78, 5) is 30.7. The van der Waals surface area contributed by atoms with Crippen molar-refractivity contribution in [3.05, 3.63) is 29.8 Å². The highest BCUT2D eigenvalue weighted by Gasteiger charge is 2.68. The van der Waals surface area contributed by atoms with E-state index in [1.165, 1.54) is 11.0 Å². The van der Waals surface area contributed by atoms with Gasteiger partial charge in [0.2, 0.25) is 11.8 Å². The molecule has 2 unspecified atom stereocenters. The van der Waals surface area contributed by atoms with Crippen LogP contribution >= 0.6 is 0 Å². The van der Waals surface area contributed by atoms with E-state index >= 15 is 0 Å². The zero-order valence-electron chi connectivity index (χ0n) is 15.9. The first kappa shape index (κ1) is 20.2. The number of anilines is 1. The van der Waals surface area contributed by atoms with Gasteiger partial charge < -0.3 is 11.1 Å². The lowest BCUT2D eigenvalue weighted by molar-refractivity contribution is -0.189. The maximum absolute atomic E-state index is 13.2. The topological polar surface area (TPSA) is 87.8 Å². The zero-order chi connectivity index (χ0) is 20.9. The quantitative estimate of drug-likeness (QED) is 0.820. The molecule has 2 aliphatic rings. The second-order valence-corrected chi connectivity index (χ2v) is 7.59. The van der Waals surface area contributed by atoms with Crippen LogP contribution in [-0.4, -0.2) is 35.9 Å². The van der Waals surface area contributed by atoms with Crippen LogP contribution in [-0.2, 0) is 15.1 Å². The van der Waals surface area contributed by atoms with E-state index in [-0.39, 0.29) is 30.4 Å². The van der Waals surface area contributed by atoms with Crippen LogP contribution in [0.1, 0.15) is 38.7 Å². The third kappa shape index (κ3) is 3.02. The molecular formula is C19H23F3N4O2. The molecule has 1 heterocycles. The summed E-state index contributed by atoms with van der Waals surface area (Å²) in [5, 5.41) is 2.38. The van der Waals surface area contributed by atoms with Crippen LogP contribution in [0.3, 0.4) is 0 Å². The van der Waals surface area contributed by atoms with E-state index in [2.05, 4.69) is 10.3 Å². The Labute approximate surface area is 161 Å². The summed E-state index contributed by atoms with van der Waals surface area (Å²) in [6.45, 7) is 3.62. The van der Waals surface area contributed by atoms with Crippen molar-refractivity contribution in [2.75, 3.05) is 12.4 Å². The molecule has 1 aromatic carbocycles. The molecule has 0 saturated heterocycles. The van der Waals surface area contributed by atoms with Crippen LogP contribution in [0.25, 0.3) is 0 Å². The number of carbonyl (C=O) groups excluding carboxylic acids is 2. The second kappa shape index (κ2) is 6.49. The molecule has 1 aliphatic heterocycles. The summed E-state index contributed by atoms with van der Waals surface area (Å²) < 4.78 is 39.5. The largest absolute Gasteiger partial charge is 0.403 e. The third-order valence-electron chi connectivity index (χ3n) is 5.84. The number of halogens is 3. The SMILES string of the molecule is CCC1C(=O)N(C)C(N)=NC1(C)c1cccc(NC(=O)C2(C(F)(F)F)CC2)c1. The molecule has 1 aliphatic carbocycles. The number of aliphatic imine (C=N–C) groups is 1. The molecule has 3 rings (SSSR count). The number of hydrogen-bond donors (Lipinski definition) is 2. The van der Waals surface area contributed by atoms with Crippen LogP contribution in [0.5, 0.6) is 0 Å². The van der Waals surface area contributed by atoms with Gasteiger partial charge in [0.25, 0.3) is 0 Å². The minimum atomic E-state index is -4.58. The molecule has 152 valence electrons. The molecule has 2 atom stereocenters. The smallest absolute Gasteiger partial charge is 0.369 e. The molecule has 1 saturated carbocycles. The summed E-state index contributed by atoms with van der Waals surface area (Å²) in [7, 11) is 1.55. The Balaban J connectivity index is 1.93. The number of amides is 2. The minimum absolute atomic E-state index is 0.0700. The molecule has 6 nitrogen and oxygen atoms in total. The fraction of sp³-hybridized carbons (Fsp3) is 0.526. The Morgan fingerprint density at radius 1 is 1.39 bits per heavy atom. The number of nitrogens with one attached hydrogen (secondary N) is 1. The Hall–Kier alpha value is -2.58. The number of hydrogen-bond acceptors (Lipinski definition) is 4. The van der Waals surface area contributed by atoms with Crippen molar-refractivity contribution in [2.45, 2.75) is 44.8 Å². The van der Waals surface area contributed by atoms with E-state index in [0.29, 0.717) is 12.0 Å². The Morgan fingerprint density at radius 2 is 2.04 bits per heavy atom. The van der Waals surface area contributed by atoms with E-state index in [1.807, 2.05) is 6.92 Å². The van der Waals surface area contributed by atoms with Crippen molar-refractivity contribution in [1.82, 2.24) is 4.90 Å². The van der Waals surface area contributed by atoms with Crippen LogP contribution in [0.2, 0.25) is 0 Å². The van der Waals surface area contributed by atoms with Gasteiger partial charge in [-0.25, -0.2) is 4.99 Å². The van der Waals surface area contributed by atoms with E-state index < -0.39 is 29.0 Å². The molecule has 2 amide bonds. The standard InChI is InChI=1S/C19H23F3N4O2/c1-4-13-14(27)26(3)16(23)25-17(13,2)11-6-5-7-12(10-11)24-15(28)18(8-9-18)19(20,21)22/h5-7,10,13H,4,8-9H2,1-3H3,(H2,23,25)(H,24,28). The van der Waals surface area contributed by atoms with Crippen molar-refractivity contribution in [2.24, 2.45) is 22.1 Å². The molecular weight excluding hydrogens is 373 g/mol. The van der Waals surface area contributed by atoms with Gasteiger partial charge in [-0.2, -0.15) is 13.2 Å². The first-order valence-electron chi connectivity index (χ1n) is 9.08. The van der Waals surface area contributed by atoms with Crippen LogP contribution in [0.4, 0.5) is 18.9 Å². The molecule has 1 fully saturated rings. The van der Waals surface area contributed by atoms with Gasteiger partial charge in [-0.15, -0.1) is 0 Å². The highest BCUT2D eigenvalue weighted by Crippen LogP contribution is 2.58. The van der Waals surface area contributed by atoms with Gasteiger partial charge in [0.1, 0.15) is 5.41 Å². The monoisotopic (exact) mass is 396 g/mol. The molecule has 9 heteroatoms. The van der Waals surface area contributed by atoms with Crippen molar-refractivity contribution in [3.8, 4) is 0 Å². The lowest BCUT2D eigenvalue weighted by Crippen LogP contribution is -2.53. The highest BCUT2D eigenvalue weighted by molar-refractivity contribution is 6.00. The zero-order valence-corrected chi connectivity index (χ0v) is 15.9. The number of nitrogens with zero attached hydrogens (tertiary/aromatic N) is 2. The number of benzene rings is 1. The Kier molecular flexibility index (Phi) is 4.68. The van der Waals surface area contributed by atoms with E-state index in [1.54, 1.807) is 32.2 Å². The normalized spacial score (nSPS) is 26.6. The van der Waals surface area contributed by atoms with Gasteiger partial charge in [0.15, 0.2) is 5.96 Å². The minimum Gasteiger partial charge on any atom is -0.369 e. The average Bonchev–Trinajstić information content (AvgIpc) is 3.42. The predicted molar refractivity (Wildman–Crippen MR) is 98.3 cm³/mol. The number of guanidine groups is 1. The van der Waals surface area contributed by atoms with Gasteiger partial charge in [-0.05, 0) is 43.9 Å². The lowest BCUT2D eigenvalue weighted by atomic mass is 9.76. The summed E-state index contributed by atoms with van der Waals surface area (Å²) in [6.07, 6.45) is -4.49. The number of alkyl halides is 3. The van der Waals surface area contributed by atoms with E-state index in [4.69, 9.17) is 5.73 Å². The van der Waals surface area contributed by atoms with Crippen LogP contribution in [0.15, 0.2) is 29.3 Å². The van der Waals surface area contributed by atoms with Gasteiger partial charge >= 0.3 is 6.18 Å². The molecule has 0 radical (unpaired) electrons. The number of rotatable bonds is 4. The second-order valence-electron chi connectivity index (χ2n) is 7.59. The van der Waals surface area contributed by atoms with Crippen molar-refractivity contribution in [3.63, 3.8) is 0 Å². The predicted octanol–water partition coefficient (Wildman–Crippen LogP) is 3.00. The van der Waals surface area contributed by atoms with Gasteiger partial charge in [0, 0.05) is 12.7 Å². The van der Waals surface area contributed by atoms with Crippen LogP contribution < -0.4 is 11.1 Å². The summed E-state index contributed by atoms with van der Waals surface area (Å²) in [6, 6.07) is 6.42. The summed E-state index contributed by atoms with van der Waals surface area (Å²) in [5.74, 6) is -1.65. The first-order chi connectivity index (χ1) is 13.0. The van der Waals surface area contributed by atoms with Crippen LogP contribution in [0, 0.1) is 11.3 Å². The Morgan fingerprint density at radius 3 is 2.57 bits per heavy atom. The maximum Gasteiger partial charge on any atom is 0.403 e. The molecule has 0 aromatic heterocycles. The van der Waals surface area contributed by atoms with Crippen molar-refractivity contribution >= 4 is 23.5 Å². The molecule has 1 aromatic rings. The lowest BCUT2D eigenvalue weighted by Gasteiger charge is -2.40. The molecule has 3 N–H and O–H groups in total. The summed E-state index contributed by atoms with van der Waals surface area (Å²) >= 11 is 0. The number of carbonyl (C=O) groups is 2. The average molecular weight is 396 g/mol. The third-order valence-corrected chi connectivity index (χ3v) is 5.84. The molecule has 0 bridgehead atoms. The van der Waals surface area contributed by atoms with Crippen molar-refractivity contribution < 1.29 is 22.8 Å². The van der Waals surface area contributed by atoms with E-state index in [0.717, 1.165) is 0 Å². The molecule has 0 spiro atoms. The maximum atomic E-state index is 13.2. The van der Waals surface area contributed by atoms with Gasteiger partial charge in [-0.3, -0.25) is 14.5 Å². The molecule has 28 heavy (non-hydrogen) atoms. The van der Waals surface area contributed by atoms with E-state index in [9.17, 15) is 22.8 Å². The highest BCUT2D eigenvalue weighted by atomic mass is 19.4. The Bertz CT molecular complexity index is 848. The van der Waals surface area contributed by atoms with Gasteiger partial charge in [0.05, 0.1) is 11.5 Å².